The van der Waals surface area contributed by atoms with Gasteiger partial charge in [-0.05, 0) is 0 Å². The van der Waals surface area contributed by atoms with E-state index in [-0.39, 0.29) is 15.9 Å². The van der Waals surface area contributed by atoms with Crippen molar-refractivity contribution < 1.29 is 14.0 Å². The smallest absolute Gasteiger partial charge is 0.302 e. The van der Waals surface area contributed by atoms with Crippen LogP contribution in [0.3, 0.4) is 0 Å². The maximum absolute atomic E-state index is 10.3. The Morgan fingerprint density at radius 2 is 1.82 bits per heavy atom. The van der Waals surface area contributed by atoms with Gasteiger partial charge >= 0.3 is 5.97 Å². The summed E-state index contributed by atoms with van der Waals surface area (Å²) < 4.78 is 5.59. The van der Waals surface area contributed by atoms with Crippen molar-refractivity contribution in [3.05, 3.63) is 0 Å². The SMILES string of the molecule is CC(=O)OCC[N+](C)(C)C.P. The van der Waals surface area contributed by atoms with E-state index in [4.69, 9.17) is 4.74 Å². The fraction of sp³-hybridized carbons (Fsp3) is 0.857. The third-order valence-electron chi connectivity index (χ3n) is 1.07. The Morgan fingerprint density at radius 1 is 1.36 bits per heavy atom. The predicted octanol–water partition coefficient (Wildman–Crippen LogP) is 0.314. The van der Waals surface area contributed by atoms with Crippen molar-refractivity contribution >= 4 is 15.9 Å². The first-order valence-electron chi connectivity index (χ1n) is 3.35. The molecule has 0 aromatic rings. The molecule has 11 heavy (non-hydrogen) atoms. The molecule has 0 bridgehead atoms. The lowest BCUT2D eigenvalue weighted by Crippen LogP contribution is -2.37. The van der Waals surface area contributed by atoms with Crippen LogP contribution in [0.25, 0.3) is 0 Å². The van der Waals surface area contributed by atoms with Gasteiger partial charge in [0.15, 0.2) is 0 Å². The molecule has 0 aliphatic heterocycles. The molecule has 0 spiro atoms. The number of esters is 1. The maximum atomic E-state index is 10.3. The maximum Gasteiger partial charge on any atom is 0.302 e. The van der Waals surface area contributed by atoms with Crippen LogP contribution in [0.15, 0.2) is 0 Å². The minimum Gasteiger partial charge on any atom is -0.460 e. The normalized spacial score (nSPS) is 10.2. The van der Waals surface area contributed by atoms with Crippen LogP contribution in [0.1, 0.15) is 6.92 Å². The molecule has 68 valence electrons. The first-order valence-corrected chi connectivity index (χ1v) is 3.35. The second-order valence-corrected chi connectivity index (χ2v) is 3.35. The number of rotatable bonds is 3. The topological polar surface area (TPSA) is 26.3 Å². The van der Waals surface area contributed by atoms with Gasteiger partial charge in [-0.15, -0.1) is 0 Å². The Balaban J connectivity index is 0. The third-order valence-corrected chi connectivity index (χ3v) is 1.07. The number of carbonyl (C=O) groups excluding carboxylic acids is 1. The molecule has 1 unspecified atom stereocenters. The highest BCUT2D eigenvalue weighted by molar-refractivity contribution is 6.92. The van der Waals surface area contributed by atoms with Crippen LogP contribution < -0.4 is 0 Å². The number of hydrogen-bond donors (Lipinski definition) is 0. The highest BCUT2D eigenvalue weighted by Crippen LogP contribution is 1.88. The summed E-state index contributed by atoms with van der Waals surface area (Å²) in [5, 5.41) is 0. The van der Waals surface area contributed by atoms with Crippen LogP contribution in [0.5, 0.6) is 0 Å². The van der Waals surface area contributed by atoms with Crippen LogP contribution in [0.2, 0.25) is 0 Å². The molecule has 0 aliphatic rings. The van der Waals surface area contributed by atoms with Crippen molar-refractivity contribution in [1.29, 1.82) is 0 Å². The van der Waals surface area contributed by atoms with Gasteiger partial charge in [-0.25, -0.2) is 0 Å². The summed E-state index contributed by atoms with van der Waals surface area (Å²) in [5.41, 5.74) is 0. The molecular formula is C7H19NO2P+. The lowest BCUT2D eigenvalue weighted by Gasteiger charge is -2.23. The highest BCUT2D eigenvalue weighted by atomic mass is 31.0. The zero-order valence-corrected chi connectivity index (χ0v) is 9.30. The summed E-state index contributed by atoms with van der Waals surface area (Å²) in [5.74, 6) is -0.201. The molecule has 0 rings (SSSR count). The number of likely N-dealkylation sites (N-methyl/N-ethyl adjacent to an activating group) is 1. The fourth-order valence-electron chi connectivity index (χ4n) is 0.463. The second kappa shape index (κ2) is 5.50. The Labute approximate surface area is 71.9 Å². The van der Waals surface area contributed by atoms with E-state index in [1.165, 1.54) is 6.92 Å². The van der Waals surface area contributed by atoms with Crippen molar-refractivity contribution in [2.45, 2.75) is 6.92 Å². The van der Waals surface area contributed by atoms with Crippen molar-refractivity contribution in [2.75, 3.05) is 34.3 Å². The van der Waals surface area contributed by atoms with Crippen molar-refractivity contribution in [3.63, 3.8) is 0 Å². The Hall–Kier alpha value is -0.140. The lowest BCUT2D eigenvalue weighted by atomic mass is 10.5. The molecule has 0 radical (unpaired) electrons. The van der Waals surface area contributed by atoms with Crippen LogP contribution in [-0.2, 0) is 9.53 Å². The van der Waals surface area contributed by atoms with E-state index in [1.807, 2.05) is 0 Å². The van der Waals surface area contributed by atoms with E-state index in [0.29, 0.717) is 6.61 Å². The van der Waals surface area contributed by atoms with Gasteiger partial charge in [-0.2, -0.15) is 9.90 Å². The first kappa shape index (κ1) is 13.4. The largest absolute Gasteiger partial charge is 0.460 e. The number of quaternary nitrogens is 1. The summed E-state index contributed by atoms with van der Waals surface area (Å²) >= 11 is 0. The van der Waals surface area contributed by atoms with E-state index in [2.05, 4.69) is 21.1 Å². The molecule has 0 aromatic carbocycles. The lowest BCUT2D eigenvalue weighted by molar-refractivity contribution is -0.870. The first-order chi connectivity index (χ1) is 4.42. The Morgan fingerprint density at radius 3 is 2.09 bits per heavy atom. The quantitative estimate of drug-likeness (QED) is 0.355. The van der Waals surface area contributed by atoms with E-state index in [0.717, 1.165) is 11.0 Å². The van der Waals surface area contributed by atoms with Gasteiger partial charge in [-0.1, -0.05) is 0 Å². The standard InChI is InChI=1S/C7H16NO2.H3P/c1-7(9)10-6-5-8(2,3)4;/h5-6H2,1-4H3;1H3/q+1;. The number of ether oxygens (including phenoxy) is 1. The zero-order chi connectivity index (χ0) is 8.20. The zero-order valence-electron chi connectivity index (χ0n) is 7.89. The van der Waals surface area contributed by atoms with Gasteiger partial charge in [-0.3, -0.25) is 4.79 Å². The van der Waals surface area contributed by atoms with Crippen LogP contribution in [-0.4, -0.2) is 44.7 Å². The molecule has 3 nitrogen and oxygen atoms in total. The minimum absolute atomic E-state index is 0. The van der Waals surface area contributed by atoms with E-state index < -0.39 is 0 Å². The minimum atomic E-state index is -0.201. The van der Waals surface area contributed by atoms with Gasteiger partial charge in [0.25, 0.3) is 0 Å². The van der Waals surface area contributed by atoms with E-state index >= 15 is 0 Å². The van der Waals surface area contributed by atoms with Gasteiger partial charge in [0.1, 0.15) is 13.2 Å². The average molecular weight is 180 g/mol. The molecule has 0 N–H and O–H groups in total. The number of nitrogens with zero attached hydrogens (tertiary/aromatic N) is 1. The molecule has 0 saturated carbocycles. The molecule has 0 aliphatic carbocycles. The van der Waals surface area contributed by atoms with Crippen molar-refractivity contribution in [3.8, 4) is 0 Å². The van der Waals surface area contributed by atoms with Gasteiger partial charge in [0, 0.05) is 6.92 Å². The van der Waals surface area contributed by atoms with Crippen LogP contribution >= 0.6 is 9.90 Å². The predicted molar refractivity (Wildman–Crippen MR) is 50.6 cm³/mol. The average Bonchev–Trinajstić information content (AvgIpc) is 1.59. The summed E-state index contributed by atoms with van der Waals surface area (Å²) in [4.78, 5) is 10.3. The summed E-state index contributed by atoms with van der Waals surface area (Å²) in [6.07, 6.45) is 0. The molecule has 0 amide bonds. The number of carbonyl (C=O) groups is 1. The summed E-state index contributed by atoms with van der Waals surface area (Å²) in [6.45, 7) is 2.80. The Kier molecular flexibility index (Phi) is 6.73. The molecular weight excluding hydrogens is 161 g/mol. The van der Waals surface area contributed by atoms with Crippen molar-refractivity contribution in [2.24, 2.45) is 0 Å². The van der Waals surface area contributed by atoms with Crippen molar-refractivity contribution in [1.82, 2.24) is 0 Å². The second-order valence-electron chi connectivity index (χ2n) is 3.35. The van der Waals surface area contributed by atoms with Gasteiger partial charge in [0.05, 0.1) is 21.1 Å². The molecule has 4 heteroatoms. The van der Waals surface area contributed by atoms with E-state index in [9.17, 15) is 4.79 Å². The van der Waals surface area contributed by atoms with Crippen LogP contribution in [0, 0.1) is 0 Å². The summed E-state index contributed by atoms with van der Waals surface area (Å²) in [7, 11) is 6.18. The molecule has 0 aromatic heterocycles. The molecule has 0 fully saturated rings. The van der Waals surface area contributed by atoms with Gasteiger partial charge < -0.3 is 9.22 Å². The molecule has 1 atom stereocenters. The fourth-order valence-corrected chi connectivity index (χ4v) is 0.463. The van der Waals surface area contributed by atoms with Gasteiger partial charge in [0.2, 0.25) is 0 Å². The third kappa shape index (κ3) is 12.9. The molecule has 0 saturated heterocycles. The van der Waals surface area contributed by atoms with Crippen LogP contribution in [0.4, 0.5) is 0 Å². The monoisotopic (exact) mass is 180 g/mol. The van der Waals surface area contributed by atoms with E-state index in [1.54, 1.807) is 0 Å². The Bertz CT molecular complexity index is 120. The summed E-state index contributed by atoms with van der Waals surface area (Å²) in [6, 6.07) is 0. The highest BCUT2D eigenvalue weighted by Gasteiger charge is 2.06. The number of hydrogen-bond acceptors (Lipinski definition) is 2. The molecule has 0 heterocycles.